The van der Waals surface area contributed by atoms with E-state index < -0.39 is 5.97 Å². The van der Waals surface area contributed by atoms with Gasteiger partial charge in [-0.2, -0.15) is 0 Å². The van der Waals surface area contributed by atoms with Crippen LogP contribution in [0.5, 0.6) is 0 Å². The van der Waals surface area contributed by atoms with Crippen molar-refractivity contribution >= 4 is 11.6 Å². The predicted octanol–water partition coefficient (Wildman–Crippen LogP) is 2.48. The molecule has 1 N–H and O–H groups in total. The smallest absolute Gasteiger partial charge is 0.339 e. The number of rotatable bonds is 2. The minimum Gasteiger partial charge on any atom is -0.478 e. The zero-order valence-electron chi connectivity index (χ0n) is 10.0. The van der Waals surface area contributed by atoms with Gasteiger partial charge in [0.05, 0.1) is 0 Å². The Morgan fingerprint density at radius 3 is 2.78 bits per heavy atom. The van der Waals surface area contributed by atoms with E-state index in [-0.39, 0.29) is 5.56 Å². The van der Waals surface area contributed by atoms with Gasteiger partial charge in [0.15, 0.2) is 5.65 Å². The first kappa shape index (κ1) is 11.2. The Morgan fingerprint density at radius 1 is 1.28 bits per heavy atom. The highest BCUT2D eigenvalue weighted by Crippen LogP contribution is 2.31. The van der Waals surface area contributed by atoms with Crippen LogP contribution in [0.1, 0.15) is 54.2 Å². The van der Waals surface area contributed by atoms with Gasteiger partial charge in [-0.25, -0.2) is 4.79 Å². The minimum atomic E-state index is -0.955. The number of hydrogen-bond acceptors (Lipinski definition) is 3. The van der Waals surface area contributed by atoms with E-state index in [1.54, 1.807) is 12.1 Å². The van der Waals surface area contributed by atoms with Crippen LogP contribution >= 0.6 is 0 Å². The van der Waals surface area contributed by atoms with Gasteiger partial charge in [-0.15, -0.1) is 10.2 Å². The van der Waals surface area contributed by atoms with Crippen LogP contribution in [0.3, 0.4) is 0 Å². The summed E-state index contributed by atoms with van der Waals surface area (Å²) in [5.41, 5.74) is 0.664. The Morgan fingerprint density at radius 2 is 2.06 bits per heavy atom. The van der Waals surface area contributed by atoms with Crippen LogP contribution in [0.2, 0.25) is 0 Å². The fourth-order valence-corrected chi connectivity index (χ4v) is 2.74. The number of carbonyl (C=O) groups is 1. The summed E-state index contributed by atoms with van der Waals surface area (Å²) in [5, 5.41) is 17.4. The summed E-state index contributed by atoms with van der Waals surface area (Å²) < 4.78 is 1.83. The molecule has 2 aromatic rings. The molecular formula is C13H15N3O2. The molecule has 1 fully saturated rings. The molecule has 0 aliphatic heterocycles. The van der Waals surface area contributed by atoms with Crippen molar-refractivity contribution in [2.24, 2.45) is 0 Å². The monoisotopic (exact) mass is 245 g/mol. The summed E-state index contributed by atoms with van der Waals surface area (Å²) in [6, 6.07) is 3.31. The van der Waals surface area contributed by atoms with Gasteiger partial charge in [0.25, 0.3) is 0 Å². The van der Waals surface area contributed by atoms with Gasteiger partial charge in [0.1, 0.15) is 11.4 Å². The van der Waals surface area contributed by atoms with Gasteiger partial charge < -0.3 is 5.11 Å². The van der Waals surface area contributed by atoms with Crippen molar-refractivity contribution in [3.63, 3.8) is 0 Å². The molecule has 2 heterocycles. The van der Waals surface area contributed by atoms with E-state index in [1.807, 2.05) is 10.6 Å². The molecule has 0 amide bonds. The molecule has 18 heavy (non-hydrogen) atoms. The van der Waals surface area contributed by atoms with Crippen molar-refractivity contribution in [1.29, 1.82) is 0 Å². The van der Waals surface area contributed by atoms with Crippen molar-refractivity contribution in [3.05, 3.63) is 29.7 Å². The maximum Gasteiger partial charge on any atom is 0.339 e. The van der Waals surface area contributed by atoms with Crippen LogP contribution < -0.4 is 0 Å². The highest BCUT2D eigenvalue weighted by Gasteiger charge is 2.22. The van der Waals surface area contributed by atoms with Gasteiger partial charge in [-0.05, 0) is 25.0 Å². The van der Waals surface area contributed by atoms with Gasteiger partial charge in [0.2, 0.25) is 0 Å². The third kappa shape index (κ3) is 1.75. The SMILES string of the molecule is O=C(O)c1cccn2c(C3CCCCC3)nnc12. The lowest BCUT2D eigenvalue weighted by atomic mass is 9.89. The Kier molecular flexibility index (Phi) is 2.74. The largest absolute Gasteiger partial charge is 0.478 e. The van der Waals surface area contributed by atoms with E-state index in [1.165, 1.54) is 19.3 Å². The second kappa shape index (κ2) is 4.40. The number of pyridine rings is 1. The van der Waals surface area contributed by atoms with Crippen LogP contribution in [0, 0.1) is 0 Å². The highest BCUT2D eigenvalue weighted by atomic mass is 16.4. The fourth-order valence-electron chi connectivity index (χ4n) is 2.74. The average molecular weight is 245 g/mol. The molecule has 1 aliphatic carbocycles. The lowest BCUT2D eigenvalue weighted by Crippen LogP contribution is -2.09. The zero-order valence-corrected chi connectivity index (χ0v) is 10.0. The van der Waals surface area contributed by atoms with E-state index in [4.69, 9.17) is 5.11 Å². The van der Waals surface area contributed by atoms with Gasteiger partial charge in [-0.1, -0.05) is 19.3 Å². The zero-order chi connectivity index (χ0) is 12.5. The van der Waals surface area contributed by atoms with Crippen LogP contribution in [-0.4, -0.2) is 25.7 Å². The molecule has 94 valence electrons. The summed E-state index contributed by atoms with van der Waals surface area (Å²) in [6.07, 6.45) is 7.83. The van der Waals surface area contributed by atoms with E-state index in [9.17, 15) is 4.79 Å². The number of carboxylic acid groups (broad SMARTS) is 1. The lowest BCUT2D eigenvalue weighted by molar-refractivity contribution is 0.0698. The second-order valence-electron chi connectivity index (χ2n) is 4.81. The number of hydrogen-bond donors (Lipinski definition) is 1. The van der Waals surface area contributed by atoms with E-state index in [2.05, 4.69) is 10.2 Å². The molecule has 0 bridgehead atoms. The Labute approximate surface area is 104 Å². The third-order valence-corrected chi connectivity index (χ3v) is 3.66. The molecule has 0 radical (unpaired) electrons. The number of nitrogens with zero attached hydrogens (tertiary/aromatic N) is 3. The molecule has 1 aliphatic rings. The molecule has 0 atom stereocenters. The van der Waals surface area contributed by atoms with E-state index in [0.717, 1.165) is 18.7 Å². The first-order chi connectivity index (χ1) is 8.77. The van der Waals surface area contributed by atoms with Crippen molar-refractivity contribution in [2.45, 2.75) is 38.0 Å². The van der Waals surface area contributed by atoms with Crippen molar-refractivity contribution in [2.75, 3.05) is 0 Å². The van der Waals surface area contributed by atoms with Gasteiger partial charge in [0, 0.05) is 12.1 Å². The summed E-state index contributed by atoms with van der Waals surface area (Å²) in [6.45, 7) is 0. The molecule has 5 nitrogen and oxygen atoms in total. The topological polar surface area (TPSA) is 67.5 Å². The molecule has 5 heteroatoms. The normalized spacial score (nSPS) is 17.1. The summed E-state index contributed by atoms with van der Waals surface area (Å²) in [7, 11) is 0. The number of carboxylic acids is 1. The lowest BCUT2D eigenvalue weighted by Gasteiger charge is -2.19. The van der Waals surface area contributed by atoms with E-state index in [0.29, 0.717) is 11.6 Å². The summed E-state index contributed by atoms with van der Waals surface area (Å²) in [4.78, 5) is 11.1. The quantitative estimate of drug-likeness (QED) is 0.882. The molecule has 3 rings (SSSR count). The van der Waals surface area contributed by atoms with Gasteiger partial charge in [-0.3, -0.25) is 4.40 Å². The molecule has 0 unspecified atom stereocenters. The number of aromatic carboxylic acids is 1. The third-order valence-electron chi connectivity index (χ3n) is 3.66. The average Bonchev–Trinajstić information content (AvgIpc) is 2.83. The fraction of sp³-hybridized carbons (Fsp3) is 0.462. The molecule has 0 spiro atoms. The number of aromatic nitrogens is 3. The maximum absolute atomic E-state index is 11.1. The maximum atomic E-state index is 11.1. The Bertz CT molecular complexity index is 585. The Hall–Kier alpha value is -1.91. The van der Waals surface area contributed by atoms with Crippen LogP contribution in [0.4, 0.5) is 0 Å². The van der Waals surface area contributed by atoms with Crippen LogP contribution in [0.25, 0.3) is 5.65 Å². The first-order valence-corrected chi connectivity index (χ1v) is 6.34. The predicted molar refractivity (Wildman–Crippen MR) is 65.8 cm³/mol. The van der Waals surface area contributed by atoms with Crippen LogP contribution in [0.15, 0.2) is 18.3 Å². The highest BCUT2D eigenvalue weighted by molar-refractivity contribution is 5.94. The van der Waals surface area contributed by atoms with Gasteiger partial charge >= 0.3 is 5.97 Å². The summed E-state index contributed by atoms with van der Waals surface area (Å²) in [5.74, 6) is 0.369. The van der Waals surface area contributed by atoms with Crippen molar-refractivity contribution in [3.8, 4) is 0 Å². The molecule has 0 aromatic carbocycles. The molecule has 1 saturated carbocycles. The van der Waals surface area contributed by atoms with E-state index >= 15 is 0 Å². The standard InChI is InChI=1S/C13H15N3O2/c17-13(18)10-7-4-8-16-11(14-15-12(10)16)9-5-2-1-3-6-9/h4,7-9H,1-3,5-6H2,(H,17,18). The van der Waals surface area contributed by atoms with Crippen molar-refractivity contribution < 1.29 is 9.90 Å². The Balaban J connectivity index is 2.08. The van der Waals surface area contributed by atoms with Crippen LogP contribution in [-0.2, 0) is 0 Å². The molecular weight excluding hydrogens is 230 g/mol. The van der Waals surface area contributed by atoms with Crippen molar-refractivity contribution in [1.82, 2.24) is 14.6 Å². The minimum absolute atomic E-state index is 0.215. The first-order valence-electron chi connectivity index (χ1n) is 6.34. The second-order valence-corrected chi connectivity index (χ2v) is 4.81. The molecule has 2 aromatic heterocycles. The molecule has 0 saturated heterocycles. The summed E-state index contributed by atoms with van der Waals surface area (Å²) >= 11 is 0. The number of fused-ring (bicyclic) bond motifs is 1.